The summed E-state index contributed by atoms with van der Waals surface area (Å²) in [4.78, 5) is 14.3. The smallest absolute Gasteiger partial charge is 0.313 e. The second-order valence-electron chi connectivity index (χ2n) is 2.95. The third-order valence-corrected chi connectivity index (χ3v) is 2.71. The molecular weight excluding hydrogens is 248 g/mol. The highest BCUT2D eigenvalue weighted by molar-refractivity contribution is 7.99. The molecule has 1 N–H and O–H groups in total. The number of thioether (sulfide) groups is 1. The normalized spacial score (nSPS) is 10.6. The van der Waals surface area contributed by atoms with E-state index in [0.29, 0.717) is 24.0 Å². The Morgan fingerprint density at radius 2 is 2.47 bits per heavy atom. The number of aliphatic carboxylic acids is 1. The fourth-order valence-electron chi connectivity index (χ4n) is 1.07. The zero-order valence-electron chi connectivity index (χ0n) is 8.55. The molecule has 10 heteroatoms. The predicted octanol–water partition coefficient (Wildman–Crippen LogP) is -0.525. The zero-order chi connectivity index (χ0) is 12.1. The Bertz CT molecular complexity index is 484. The van der Waals surface area contributed by atoms with E-state index in [1.165, 1.54) is 11.0 Å². The number of aromatic nitrogens is 6. The molecule has 2 aromatic rings. The summed E-state index contributed by atoms with van der Waals surface area (Å²) < 4.78 is 6.32. The Morgan fingerprint density at radius 3 is 3.18 bits per heavy atom. The van der Waals surface area contributed by atoms with Gasteiger partial charge in [0.2, 0.25) is 11.0 Å². The molecule has 0 fully saturated rings. The molecule has 0 aliphatic heterocycles. The highest BCUT2D eigenvalue weighted by Crippen LogP contribution is 2.13. The molecule has 17 heavy (non-hydrogen) atoms. The maximum atomic E-state index is 10.4. The molecule has 0 amide bonds. The van der Waals surface area contributed by atoms with Gasteiger partial charge in [-0.3, -0.25) is 4.79 Å². The van der Waals surface area contributed by atoms with Crippen molar-refractivity contribution >= 4 is 17.7 Å². The molecule has 90 valence electrons. The Labute approximate surface area is 99.2 Å². The highest BCUT2D eigenvalue weighted by atomic mass is 32.2. The molecule has 0 spiro atoms. The molecule has 2 rings (SSSR count). The lowest BCUT2D eigenvalue weighted by Gasteiger charge is -2.00. The fourth-order valence-corrected chi connectivity index (χ4v) is 1.70. The van der Waals surface area contributed by atoms with Crippen molar-refractivity contribution < 1.29 is 14.4 Å². The van der Waals surface area contributed by atoms with Gasteiger partial charge >= 0.3 is 5.97 Å². The maximum absolute atomic E-state index is 10.4. The van der Waals surface area contributed by atoms with Crippen LogP contribution >= 0.6 is 11.8 Å². The first kappa shape index (κ1) is 11.5. The zero-order valence-corrected chi connectivity index (χ0v) is 9.37. The average molecular weight is 256 g/mol. The van der Waals surface area contributed by atoms with Gasteiger partial charge in [0.15, 0.2) is 6.33 Å². The number of hydrogen-bond acceptors (Lipinski definition) is 8. The number of carboxylic acid groups (broad SMARTS) is 1. The monoisotopic (exact) mass is 256 g/mol. The Balaban J connectivity index is 1.92. The van der Waals surface area contributed by atoms with Gasteiger partial charge in [-0.25, -0.2) is 4.68 Å². The second kappa shape index (κ2) is 5.39. The number of carboxylic acids is 1. The lowest BCUT2D eigenvalue weighted by atomic mass is 10.4. The van der Waals surface area contributed by atoms with Gasteiger partial charge < -0.3 is 9.63 Å². The van der Waals surface area contributed by atoms with Crippen LogP contribution in [0, 0.1) is 0 Å². The number of rotatable bonds is 6. The molecule has 0 aromatic carbocycles. The van der Waals surface area contributed by atoms with Crippen molar-refractivity contribution in [2.75, 3.05) is 5.75 Å². The molecule has 0 aliphatic rings. The third kappa shape index (κ3) is 3.24. The average Bonchev–Trinajstić information content (AvgIpc) is 2.95. The molecule has 0 saturated heterocycles. The molecule has 0 unspecified atom stereocenters. The molecular formula is C7H8N6O3S. The van der Waals surface area contributed by atoms with Crippen LogP contribution in [0.3, 0.4) is 0 Å². The lowest BCUT2D eigenvalue weighted by Crippen LogP contribution is -2.07. The van der Waals surface area contributed by atoms with Gasteiger partial charge in [-0.15, -0.1) is 5.10 Å². The van der Waals surface area contributed by atoms with E-state index in [4.69, 9.17) is 9.63 Å². The van der Waals surface area contributed by atoms with E-state index < -0.39 is 5.97 Å². The number of aryl methyl sites for hydroxylation is 2. The summed E-state index contributed by atoms with van der Waals surface area (Å²) in [6, 6.07) is 0. The van der Waals surface area contributed by atoms with Crippen molar-refractivity contribution in [3.05, 3.63) is 12.2 Å². The first-order valence-electron chi connectivity index (χ1n) is 4.62. The summed E-state index contributed by atoms with van der Waals surface area (Å²) in [6.45, 7) is 0.456. The van der Waals surface area contributed by atoms with E-state index in [1.54, 1.807) is 0 Å². The van der Waals surface area contributed by atoms with Crippen LogP contribution in [-0.4, -0.2) is 47.2 Å². The fraction of sp³-hybridized carbons (Fsp3) is 0.429. The minimum absolute atomic E-state index is 0.0824. The number of tetrazole rings is 1. The predicted molar refractivity (Wildman–Crippen MR) is 54.2 cm³/mol. The minimum atomic E-state index is -0.915. The van der Waals surface area contributed by atoms with Crippen LogP contribution in [0.1, 0.15) is 5.89 Å². The van der Waals surface area contributed by atoms with Crippen molar-refractivity contribution in [2.24, 2.45) is 0 Å². The van der Waals surface area contributed by atoms with Gasteiger partial charge in [0, 0.05) is 6.42 Å². The van der Waals surface area contributed by atoms with E-state index in [2.05, 4.69) is 25.7 Å². The minimum Gasteiger partial charge on any atom is -0.481 e. The van der Waals surface area contributed by atoms with Crippen LogP contribution in [0.4, 0.5) is 0 Å². The number of carbonyl (C=O) groups is 1. The summed E-state index contributed by atoms with van der Waals surface area (Å²) in [5.41, 5.74) is 0. The number of hydrogen-bond donors (Lipinski definition) is 1. The van der Waals surface area contributed by atoms with Gasteiger partial charge in [-0.2, -0.15) is 4.98 Å². The molecule has 2 heterocycles. The molecule has 0 radical (unpaired) electrons. The summed E-state index contributed by atoms with van der Waals surface area (Å²) in [5, 5.41) is 23.4. The Morgan fingerprint density at radius 1 is 1.59 bits per heavy atom. The van der Waals surface area contributed by atoms with Crippen molar-refractivity contribution in [1.29, 1.82) is 0 Å². The van der Waals surface area contributed by atoms with E-state index in [9.17, 15) is 4.79 Å². The lowest BCUT2D eigenvalue weighted by molar-refractivity contribution is -0.133. The second-order valence-corrected chi connectivity index (χ2v) is 3.89. The molecule has 0 bridgehead atoms. The van der Waals surface area contributed by atoms with Gasteiger partial charge in [0.1, 0.15) is 0 Å². The largest absolute Gasteiger partial charge is 0.481 e. The van der Waals surface area contributed by atoms with Crippen LogP contribution < -0.4 is 0 Å². The Hall–Kier alpha value is -1.97. The summed E-state index contributed by atoms with van der Waals surface area (Å²) in [5.74, 6) is -0.517. The topological polar surface area (TPSA) is 120 Å². The van der Waals surface area contributed by atoms with Crippen molar-refractivity contribution in [2.45, 2.75) is 18.1 Å². The first-order chi connectivity index (χ1) is 8.25. The van der Waals surface area contributed by atoms with Crippen LogP contribution in [0.2, 0.25) is 0 Å². The van der Waals surface area contributed by atoms with Crippen molar-refractivity contribution in [3.8, 4) is 0 Å². The SMILES string of the molecule is O=C(O)CSc1nnnn1CCc1ncno1. The molecule has 0 aliphatic carbocycles. The van der Waals surface area contributed by atoms with Crippen molar-refractivity contribution in [1.82, 2.24) is 30.3 Å². The van der Waals surface area contributed by atoms with Crippen LogP contribution in [0.25, 0.3) is 0 Å². The van der Waals surface area contributed by atoms with Crippen molar-refractivity contribution in [3.63, 3.8) is 0 Å². The van der Waals surface area contributed by atoms with Gasteiger partial charge in [-0.1, -0.05) is 16.9 Å². The highest BCUT2D eigenvalue weighted by Gasteiger charge is 2.10. The number of nitrogens with zero attached hydrogens (tertiary/aromatic N) is 6. The van der Waals surface area contributed by atoms with E-state index >= 15 is 0 Å². The van der Waals surface area contributed by atoms with Gasteiger partial charge in [-0.05, 0) is 10.4 Å². The van der Waals surface area contributed by atoms with Gasteiger partial charge in [0.05, 0.1) is 12.3 Å². The standard InChI is InChI=1S/C7H8N6O3S/c14-6(15)3-17-7-10-11-12-13(7)2-1-5-8-4-9-16-5/h4H,1-3H2,(H,14,15). The molecule has 0 saturated carbocycles. The first-order valence-corrected chi connectivity index (χ1v) is 5.60. The quantitative estimate of drug-likeness (QED) is 0.680. The van der Waals surface area contributed by atoms with E-state index in [-0.39, 0.29) is 5.75 Å². The van der Waals surface area contributed by atoms with Crippen LogP contribution in [0.15, 0.2) is 16.0 Å². The maximum Gasteiger partial charge on any atom is 0.313 e. The summed E-state index contributed by atoms with van der Waals surface area (Å²) >= 11 is 1.06. The van der Waals surface area contributed by atoms with Gasteiger partial charge in [0.25, 0.3) is 0 Å². The van der Waals surface area contributed by atoms with E-state index in [0.717, 1.165) is 11.8 Å². The molecule has 0 atom stereocenters. The van der Waals surface area contributed by atoms with Crippen LogP contribution in [0.5, 0.6) is 0 Å². The summed E-state index contributed by atoms with van der Waals surface area (Å²) in [6.07, 6.45) is 1.81. The van der Waals surface area contributed by atoms with E-state index in [1.807, 2.05) is 0 Å². The Kier molecular flexibility index (Phi) is 3.65. The molecule has 9 nitrogen and oxygen atoms in total. The summed E-state index contributed by atoms with van der Waals surface area (Å²) in [7, 11) is 0. The third-order valence-electron chi connectivity index (χ3n) is 1.77. The molecule has 2 aromatic heterocycles. The van der Waals surface area contributed by atoms with Crippen LogP contribution in [-0.2, 0) is 17.8 Å².